The molecule has 0 bridgehead atoms. The normalized spacial score (nSPS) is 14.7. The lowest BCUT2D eigenvalue weighted by Crippen LogP contribution is -2.32. The van der Waals surface area contributed by atoms with Gasteiger partial charge in [0, 0.05) is 29.3 Å². The van der Waals surface area contributed by atoms with Gasteiger partial charge in [-0.25, -0.2) is 4.98 Å². The van der Waals surface area contributed by atoms with Crippen molar-refractivity contribution in [3.8, 4) is 0 Å². The zero-order valence-electron chi connectivity index (χ0n) is 24.0. The molecular formula is C28H40F3N3O6S. The lowest BCUT2D eigenvalue weighted by atomic mass is 10.1. The first kappa shape index (κ1) is 33.2. The molecule has 230 valence electrons. The van der Waals surface area contributed by atoms with E-state index >= 15 is 0 Å². The molecule has 0 unspecified atom stereocenters. The van der Waals surface area contributed by atoms with E-state index in [0.29, 0.717) is 81.3 Å². The lowest BCUT2D eigenvalue weighted by molar-refractivity contribution is -0.137. The summed E-state index contributed by atoms with van der Waals surface area (Å²) >= 11 is 1.69. The summed E-state index contributed by atoms with van der Waals surface area (Å²) in [6.45, 7) is 9.48. The molecule has 0 amide bonds. The number of benzene rings is 1. The first-order valence-corrected chi connectivity index (χ1v) is 14.6. The van der Waals surface area contributed by atoms with E-state index in [4.69, 9.17) is 28.8 Å². The third-order valence-electron chi connectivity index (χ3n) is 6.25. The molecule has 0 radical (unpaired) electrons. The van der Waals surface area contributed by atoms with Gasteiger partial charge in [0.15, 0.2) is 0 Å². The van der Waals surface area contributed by atoms with Crippen LogP contribution in [-0.2, 0) is 29.9 Å². The van der Waals surface area contributed by atoms with Crippen molar-refractivity contribution < 1.29 is 42.0 Å². The number of allylic oxidation sites excluding steroid dienone is 1. The van der Waals surface area contributed by atoms with Gasteiger partial charge in [-0.3, -0.25) is 0 Å². The molecule has 0 spiro atoms. The number of alkyl halides is 3. The number of nitrogens with one attached hydrogen (secondary N) is 1. The monoisotopic (exact) mass is 603 g/mol. The van der Waals surface area contributed by atoms with Crippen LogP contribution in [0.15, 0.2) is 41.3 Å². The molecule has 3 rings (SSSR count). The van der Waals surface area contributed by atoms with E-state index in [-0.39, 0.29) is 6.61 Å². The Balaban J connectivity index is 1.50. The molecule has 41 heavy (non-hydrogen) atoms. The number of ether oxygens (including phenoxy) is 5. The van der Waals surface area contributed by atoms with Gasteiger partial charge in [-0.15, -0.1) is 0 Å². The third-order valence-corrected chi connectivity index (χ3v) is 7.63. The number of aliphatic hydroxyl groups excluding tert-OH is 1. The Morgan fingerprint density at radius 3 is 2.32 bits per heavy atom. The second-order valence-electron chi connectivity index (χ2n) is 9.91. The van der Waals surface area contributed by atoms with Gasteiger partial charge in [0.1, 0.15) is 5.76 Å². The van der Waals surface area contributed by atoms with Gasteiger partial charge in [0.2, 0.25) is 5.95 Å². The number of thioether (sulfide) groups is 1. The van der Waals surface area contributed by atoms with Crippen molar-refractivity contribution >= 4 is 28.7 Å². The molecule has 2 heterocycles. The van der Waals surface area contributed by atoms with Gasteiger partial charge in [0.05, 0.1) is 82.2 Å². The molecule has 13 heteroatoms. The van der Waals surface area contributed by atoms with E-state index in [1.165, 1.54) is 6.07 Å². The molecule has 0 atom stereocenters. The molecule has 0 saturated heterocycles. The van der Waals surface area contributed by atoms with Crippen molar-refractivity contribution in [2.24, 2.45) is 0 Å². The second-order valence-corrected chi connectivity index (χ2v) is 10.9. The van der Waals surface area contributed by atoms with Crippen molar-refractivity contribution in [1.29, 1.82) is 0 Å². The minimum Gasteiger partial charge on any atom is -0.497 e. The summed E-state index contributed by atoms with van der Waals surface area (Å²) in [5.41, 5.74) is 1.58. The Kier molecular flexibility index (Phi) is 12.8. The Hall–Kier alpha value is -2.29. The number of aromatic amines is 1. The van der Waals surface area contributed by atoms with Crippen LogP contribution in [0.3, 0.4) is 0 Å². The lowest BCUT2D eigenvalue weighted by Gasteiger charge is -2.31. The Labute approximate surface area is 243 Å². The number of nitrogens with zero attached hydrogens (tertiary/aromatic N) is 2. The fraction of sp³-hybridized carbons (Fsp3) is 0.607. The molecule has 0 saturated carbocycles. The number of fused-ring (bicyclic) bond motifs is 1. The van der Waals surface area contributed by atoms with Crippen LogP contribution in [0.5, 0.6) is 0 Å². The van der Waals surface area contributed by atoms with Gasteiger partial charge < -0.3 is 38.7 Å². The number of rotatable bonds is 18. The van der Waals surface area contributed by atoms with Crippen LogP contribution >= 0.6 is 11.8 Å². The van der Waals surface area contributed by atoms with Crippen LogP contribution in [0.2, 0.25) is 0 Å². The van der Waals surface area contributed by atoms with E-state index < -0.39 is 17.3 Å². The standard InChI is InChI=1S/C28H40F3N3O6S/c1-20-24(18-41-19-27(2,3)40-16-15-39-14-13-38-12-11-37-10-9-35)34(8-7-25(20)36-4)26-32-22-6-5-21(28(29,30)31)17-23(22)33-26/h5-7,17,35H,8-16,18-19H2,1-4H3,(H,32,33). The second kappa shape index (κ2) is 15.8. The largest absolute Gasteiger partial charge is 0.497 e. The van der Waals surface area contributed by atoms with E-state index in [0.717, 1.165) is 29.2 Å². The van der Waals surface area contributed by atoms with Gasteiger partial charge in [-0.1, -0.05) is 0 Å². The number of aromatic nitrogens is 2. The number of halogens is 3. The Morgan fingerprint density at radius 2 is 1.68 bits per heavy atom. The number of methoxy groups -OCH3 is 1. The zero-order chi connectivity index (χ0) is 29.9. The molecule has 2 N–H and O–H groups in total. The summed E-state index contributed by atoms with van der Waals surface area (Å²) in [6.07, 6.45) is -2.49. The van der Waals surface area contributed by atoms with Gasteiger partial charge in [-0.2, -0.15) is 24.9 Å². The first-order chi connectivity index (χ1) is 19.6. The highest BCUT2D eigenvalue weighted by molar-refractivity contribution is 7.99. The minimum absolute atomic E-state index is 0.000113. The van der Waals surface area contributed by atoms with E-state index in [1.807, 2.05) is 31.7 Å². The first-order valence-electron chi connectivity index (χ1n) is 13.4. The van der Waals surface area contributed by atoms with E-state index in [9.17, 15) is 13.2 Å². The predicted molar refractivity (Wildman–Crippen MR) is 153 cm³/mol. The molecule has 1 aromatic heterocycles. The summed E-state index contributed by atoms with van der Waals surface area (Å²) in [5, 5.41) is 8.65. The Bertz CT molecular complexity index is 1170. The van der Waals surface area contributed by atoms with Crippen molar-refractivity contribution in [3.63, 3.8) is 0 Å². The number of imidazole rings is 1. The summed E-state index contributed by atoms with van der Waals surface area (Å²) < 4.78 is 67.3. The van der Waals surface area contributed by atoms with Crippen molar-refractivity contribution in [2.45, 2.75) is 32.5 Å². The molecule has 1 aliphatic rings. The summed E-state index contributed by atoms with van der Waals surface area (Å²) in [6, 6.07) is 3.52. The van der Waals surface area contributed by atoms with Crippen LogP contribution in [0.1, 0.15) is 26.3 Å². The van der Waals surface area contributed by atoms with E-state index in [1.54, 1.807) is 18.9 Å². The van der Waals surface area contributed by atoms with Crippen molar-refractivity contribution in [3.05, 3.63) is 46.9 Å². The van der Waals surface area contributed by atoms with Gasteiger partial charge >= 0.3 is 6.18 Å². The number of H-pyrrole nitrogens is 1. The van der Waals surface area contributed by atoms with Crippen LogP contribution < -0.4 is 4.90 Å². The summed E-state index contributed by atoms with van der Waals surface area (Å²) in [7, 11) is 1.62. The van der Waals surface area contributed by atoms with Gasteiger partial charge in [0.25, 0.3) is 0 Å². The predicted octanol–water partition coefficient (Wildman–Crippen LogP) is 4.78. The average Bonchev–Trinajstić information content (AvgIpc) is 3.35. The average molecular weight is 604 g/mol. The number of aliphatic hydroxyl groups is 1. The van der Waals surface area contributed by atoms with Crippen LogP contribution in [0.4, 0.5) is 19.1 Å². The third kappa shape index (κ3) is 10.2. The maximum atomic E-state index is 13.2. The smallest absolute Gasteiger partial charge is 0.416 e. The topological polar surface area (TPSA) is 98.3 Å². The Morgan fingerprint density at radius 1 is 1.02 bits per heavy atom. The number of anilines is 1. The molecule has 2 aromatic rings. The maximum absolute atomic E-state index is 13.2. The molecule has 9 nitrogen and oxygen atoms in total. The fourth-order valence-electron chi connectivity index (χ4n) is 4.14. The van der Waals surface area contributed by atoms with Crippen molar-refractivity contribution in [1.82, 2.24) is 9.97 Å². The summed E-state index contributed by atoms with van der Waals surface area (Å²) in [4.78, 5) is 9.61. The molecule has 0 aliphatic carbocycles. The van der Waals surface area contributed by atoms with Crippen LogP contribution in [-0.4, -0.2) is 98.7 Å². The fourth-order valence-corrected chi connectivity index (χ4v) is 5.38. The highest BCUT2D eigenvalue weighted by Crippen LogP contribution is 2.34. The van der Waals surface area contributed by atoms with Crippen LogP contribution in [0.25, 0.3) is 11.0 Å². The van der Waals surface area contributed by atoms with E-state index in [2.05, 4.69) is 9.97 Å². The highest BCUT2D eigenvalue weighted by atomic mass is 32.2. The minimum atomic E-state index is -4.43. The van der Waals surface area contributed by atoms with Gasteiger partial charge in [-0.05, 0) is 45.0 Å². The summed E-state index contributed by atoms with van der Waals surface area (Å²) in [5.74, 6) is 2.58. The highest BCUT2D eigenvalue weighted by Gasteiger charge is 2.31. The molecule has 1 aliphatic heterocycles. The molecule has 0 fully saturated rings. The number of hydrogen-bond acceptors (Lipinski definition) is 9. The quantitative estimate of drug-likeness (QED) is 0.234. The molecule has 1 aromatic carbocycles. The number of hydrogen-bond donors (Lipinski definition) is 2. The maximum Gasteiger partial charge on any atom is 0.416 e. The zero-order valence-corrected chi connectivity index (χ0v) is 24.8. The van der Waals surface area contributed by atoms with Crippen molar-refractivity contribution in [2.75, 3.05) is 82.9 Å². The molecular weight excluding hydrogens is 563 g/mol. The van der Waals surface area contributed by atoms with Crippen LogP contribution in [0, 0.1) is 0 Å². The SMILES string of the molecule is COC1=CCN(c2nc3ccc(C(F)(F)F)cc3[nH]2)C(CSCC(C)(C)OCCOCCOCCOCCO)=C1C.